The van der Waals surface area contributed by atoms with E-state index >= 15 is 0 Å². The maximum atomic E-state index is 12.8. The second-order valence-electron chi connectivity index (χ2n) is 8.04. The zero-order chi connectivity index (χ0) is 21.4. The van der Waals surface area contributed by atoms with Crippen LogP contribution >= 0.6 is 11.6 Å². The minimum atomic E-state index is -0.439. The van der Waals surface area contributed by atoms with Crippen LogP contribution in [-0.2, 0) is 9.59 Å². The van der Waals surface area contributed by atoms with Crippen LogP contribution in [0.25, 0.3) is 11.4 Å². The number of nitrogens with zero attached hydrogens (tertiary/aromatic N) is 3. The molecule has 1 aliphatic carbocycles. The van der Waals surface area contributed by atoms with Crippen LogP contribution in [0.4, 0.5) is 11.4 Å². The topological polar surface area (TPSA) is 88.3 Å². The van der Waals surface area contributed by atoms with Crippen LogP contribution in [0.2, 0.25) is 5.02 Å². The molecule has 0 bridgehead atoms. The number of carbonyl (C=O) groups is 2. The minimum Gasteiger partial charge on any atom is -0.339 e. The number of hydrogen-bond donors (Lipinski definition) is 1. The van der Waals surface area contributed by atoms with Crippen molar-refractivity contribution in [2.75, 3.05) is 16.8 Å². The van der Waals surface area contributed by atoms with Crippen LogP contribution in [0.3, 0.4) is 0 Å². The first-order chi connectivity index (χ1) is 15.1. The van der Waals surface area contributed by atoms with Crippen molar-refractivity contribution in [3.05, 3.63) is 59.4 Å². The van der Waals surface area contributed by atoms with E-state index in [-0.39, 0.29) is 18.2 Å². The van der Waals surface area contributed by atoms with E-state index in [4.69, 9.17) is 16.1 Å². The number of aromatic nitrogens is 2. The van der Waals surface area contributed by atoms with Gasteiger partial charge in [-0.25, -0.2) is 0 Å². The zero-order valence-electron chi connectivity index (χ0n) is 16.8. The summed E-state index contributed by atoms with van der Waals surface area (Å²) in [5, 5.41) is 7.56. The average molecular weight is 437 g/mol. The number of carbonyl (C=O) groups excluding carboxylic acids is 2. The summed E-state index contributed by atoms with van der Waals surface area (Å²) in [6.07, 6.45) is 3.53. The van der Waals surface area contributed by atoms with E-state index in [1.807, 2.05) is 24.3 Å². The van der Waals surface area contributed by atoms with Crippen molar-refractivity contribution in [1.29, 1.82) is 0 Å². The number of rotatable bonds is 5. The van der Waals surface area contributed by atoms with Crippen LogP contribution in [-0.4, -0.2) is 28.5 Å². The molecule has 2 heterocycles. The predicted molar refractivity (Wildman–Crippen MR) is 117 cm³/mol. The first-order valence-corrected chi connectivity index (χ1v) is 10.8. The predicted octanol–water partition coefficient (Wildman–Crippen LogP) is 4.65. The molecule has 1 aliphatic heterocycles. The largest absolute Gasteiger partial charge is 0.339 e. The molecule has 1 saturated heterocycles. The molecule has 31 heavy (non-hydrogen) atoms. The lowest BCUT2D eigenvalue weighted by molar-refractivity contribution is -0.122. The SMILES string of the molecule is O=C(Nc1cccc(-c2noc(C3CCC3)n2)c1)[C@H]1CC(=O)N(c2cccc(Cl)c2)C1. The number of anilines is 2. The van der Waals surface area contributed by atoms with Crippen molar-refractivity contribution >= 4 is 34.8 Å². The van der Waals surface area contributed by atoms with Gasteiger partial charge in [-0.2, -0.15) is 4.98 Å². The molecule has 0 spiro atoms. The van der Waals surface area contributed by atoms with E-state index in [0.29, 0.717) is 40.6 Å². The molecule has 2 amide bonds. The molecule has 1 N–H and O–H groups in total. The van der Waals surface area contributed by atoms with Gasteiger partial charge in [0.15, 0.2) is 0 Å². The summed E-state index contributed by atoms with van der Waals surface area (Å²) in [4.78, 5) is 31.4. The van der Waals surface area contributed by atoms with Gasteiger partial charge in [0.05, 0.1) is 5.92 Å². The Labute approximate surface area is 184 Å². The maximum absolute atomic E-state index is 12.8. The van der Waals surface area contributed by atoms with Gasteiger partial charge in [-0.05, 0) is 43.2 Å². The highest BCUT2D eigenvalue weighted by Crippen LogP contribution is 2.36. The van der Waals surface area contributed by atoms with E-state index in [1.165, 1.54) is 6.42 Å². The second kappa shape index (κ2) is 8.15. The van der Waals surface area contributed by atoms with Gasteiger partial charge in [0.2, 0.25) is 23.5 Å². The normalized spacial score (nSPS) is 18.8. The molecule has 5 rings (SSSR count). The van der Waals surface area contributed by atoms with Gasteiger partial charge >= 0.3 is 0 Å². The third-order valence-electron chi connectivity index (χ3n) is 5.90. The Balaban J connectivity index is 1.27. The van der Waals surface area contributed by atoms with Gasteiger partial charge in [-0.1, -0.05) is 41.4 Å². The van der Waals surface area contributed by atoms with Crippen LogP contribution in [0, 0.1) is 5.92 Å². The van der Waals surface area contributed by atoms with E-state index in [1.54, 1.807) is 29.2 Å². The van der Waals surface area contributed by atoms with Gasteiger partial charge in [0.25, 0.3) is 0 Å². The lowest BCUT2D eigenvalue weighted by atomic mass is 9.85. The molecule has 3 aromatic rings. The number of nitrogens with one attached hydrogen (secondary N) is 1. The van der Waals surface area contributed by atoms with Gasteiger partial charge in [0, 0.05) is 40.8 Å². The van der Waals surface area contributed by atoms with Crippen molar-refractivity contribution < 1.29 is 14.1 Å². The fourth-order valence-electron chi connectivity index (χ4n) is 3.93. The summed E-state index contributed by atoms with van der Waals surface area (Å²) in [5.41, 5.74) is 2.11. The standard InChI is InChI=1S/C23H21ClN4O3/c24-17-7-3-9-19(12-17)28-13-16(11-20(28)29)22(30)25-18-8-2-6-15(10-18)21-26-23(31-27-21)14-4-1-5-14/h2-3,6-10,12,14,16H,1,4-5,11,13H2,(H,25,30)/t16-/m0/s1. The molecule has 8 heteroatoms. The highest BCUT2D eigenvalue weighted by molar-refractivity contribution is 6.31. The van der Waals surface area contributed by atoms with Crippen molar-refractivity contribution in [3.8, 4) is 11.4 Å². The average Bonchev–Trinajstić information content (AvgIpc) is 3.34. The molecule has 0 unspecified atom stereocenters. The highest BCUT2D eigenvalue weighted by atomic mass is 35.5. The Kier molecular flexibility index (Phi) is 5.19. The number of benzene rings is 2. The monoisotopic (exact) mass is 436 g/mol. The molecule has 158 valence electrons. The molecule has 1 atom stereocenters. The smallest absolute Gasteiger partial charge is 0.230 e. The Morgan fingerprint density at radius 2 is 2.00 bits per heavy atom. The van der Waals surface area contributed by atoms with Crippen molar-refractivity contribution in [2.45, 2.75) is 31.6 Å². The second-order valence-corrected chi connectivity index (χ2v) is 8.48. The van der Waals surface area contributed by atoms with Crippen LogP contribution < -0.4 is 10.2 Å². The van der Waals surface area contributed by atoms with Crippen molar-refractivity contribution in [1.82, 2.24) is 10.1 Å². The molecule has 0 radical (unpaired) electrons. The summed E-state index contributed by atoms with van der Waals surface area (Å²) < 4.78 is 5.40. The Morgan fingerprint density at radius 1 is 1.16 bits per heavy atom. The molecule has 2 aliphatic rings. The van der Waals surface area contributed by atoms with Crippen molar-refractivity contribution in [2.24, 2.45) is 5.92 Å². The summed E-state index contributed by atoms with van der Waals surface area (Å²) in [7, 11) is 0. The van der Waals surface area contributed by atoms with Gasteiger partial charge in [-0.3, -0.25) is 9.59 Å². The third kappa shape index (κ3) is 4.05. The fourth-order valence-corrected chi connectivity index (χ4v) is 4.12. The van der Waals surface area contributed by atoms with Crippen LogP contribution in [0.15, 0.2) is 53.1 Å². The number of hydrogen-bond acceptors (Lipinski definition) is 5. The quantitative estimate of drug-likeness (QED) is 0.629. The minimum absolute atomic E-state index is 0.0912. The van der Waals surface area contributed by atoms with E-state index in [2.05, 4.69) is 15.5 Å². The Bertz CT molecular complexity index is 1140. The maximum Gasteiger partial charge on any atom is 0.230 e. The van der Waals surface area contributed by atoms with Crippen LogP contribution in [0.5, 0.6) is 0 Å². The van der Waals surface area contributed by atoms with Gasteiger partial charge in [-0.15, -0.1) is 0 Å². The summed E-state index contributed by atoms with van der Waals surface area (Å²) in [5.74, 6) is 0.837. The lowest BCUT2D eigenvalue weighted by Gasteiger charge is -2.20. The Morgan fingerprint density at radius 3 is 2.77 bits per heavy atom. The summed E-state index contributed by atoms with van der Waals surface area (Å²) in [6, 6.07) is 14.4. The lowest BCUT2D eigenvalue weighted by Crippen LogP contribution is -2.28. The summed E-state index contributed by atoms with van der Waals surface area (Å²) >= 11 is 6.04. The molecule has 1 aromatic heterocycles. The summed E-state index contributed by atoms with van der Waals surface area (Å²) in [6.45, 7) is 0.320. The number of halogens is 1. The van der Waals surface area contributed by atoms with Gasteiger partial charge in [0.1, 0.15) is 0 Å². The first-order valence-electron chi connectivity index (χ1n) is 10.4. The molecule has 1 saturated carbocycles. The van der Waals surface area contributed by atoms with E-state index in [0.717, 1.165) is 18.4 Å². The third-order valence-corrected chi connectivity index (χ3v) is 6.14. The molecule has 2 fully saturated rings. The van der Waals surface area contributed by atoms with E-state index in [9.17, 15) is 9.59 Å². The fraction of sp³-hybridized carbons (Fsp3) is 0.304. The number of amides is 2. The zero-order valence-corrected chi connectivity index (χ0v) is 17.5. The van der Waals surface area contributed by atoms with E-state index < -0.39 is 5.92 Å². The molecular weight excluding hydrogens is 416 g/mol. The van der Waals surface area contributed by atoms with Crippen LogP contribution in [0.1, 0.15) is 37.5 Å². The molecule has 2 aromatic carbocycles. The highest BCUT2D eigenvalue weighted by Gasteiger charge is 2.35. The first kappa shape index (κ1) is 19.8. The van der Waals surface area contributed by atoms with Gasteiger partial charge < -0.3 is 14.7 Å². The Hall–Kier alpha value is -3.19. The molecule has 7 nitrogen and oxygen atoms in total. The molecular formula is C23H21ClN4O3. The van der Waals surface area contributed by atoms with Crippen molar-refractivity contribution in [3.63, 3.8) is 0 Å².